The van der Waals surface area contributed by atoms with E-state index in [1.54, 1.807) is 4.90 Å². The van der Waals surface area contributed by atoms with Crippen LogP contribution in [0.3, 0.4) is 0 Å². The van der Waals surface area contributed by atoms with E-state index in [1.807, 2.05) is 13.8 Å². The van der Waals surface area contributed by atoms with Crippen molar-refractivity contribution in [1.82, 2.24) is 30.7 Å². The van der Waals surface area contributed by atoms with Crippen molar-refractivity contribution < 1.29 is 38.3 Å². The predicted molar refractivity (Wildman–Crippen MR) is 170 cm³/mol. The van der Waals surface area contributed by atoms with Crippen molar-refractivity contribution in [3.63, 3.8) is 0 Å². The molecule has 3 heterocycles. The molecule has 0 radical (unpaired) electrons. The summed E-state index contributed by atoms with van der Waals surface area (Å²) in [5.74, 6) is -1.36. The van der Waals surface area contributed by atoms with E-state index in [4.69, 9.17) is 5.73 Å². The number of carbonyl (C=O) groups excluding carboxylic acids is 5. The number of amides is 5. The molecule has 0 saturated carbocycles. The van der Waals surface area contributed by atoms with Gasteiger partial charge in [-0.1, -0.05) is 20.4 Å². The van der Waals surface area contributed by atoms with Crippen molar-refractivity contribution in [1.29, 1.82) is 0 Å². The van der Waals surface area contributed by atoms with Gasteiger partial charge in [0, 0.05) is 47.8 Å². The van der Waals surface area contributed by atoms with Gasteiger partial charge in [0.1, 0.15) is 17.8 Å². The summed E-state index contributed by atoms with van der Waals surface area (Å²) in [7, 11) is -3.54. The fraction of sp³-hybridized carbons (Fsp3) is 0.500. The monoisotopic (exact) mass is 659 g/mol. The normalized spacial score (nSPS) is 20.9. The Morgan fingerprint density at radius 3 is 2.50 bits per heavy atom. The molecule has 2 aliphatic heterocycles. The molecule has 0 unspecified atom stereocenters. The molecule has 0 bridgehead atoms. The van der Waals surface area contributed by atoms with Gasteiger partial charge >= 0.3 is 13.6 Å². The number of nitrogens with two attached hydrogens (primary N) is 1. The molecule has 0 spiro atoms. The van der Waals surface area contributed by atoms with Gasteiger partial charge in [0.05, 0.1) is 6.54 Å². The zero-order valence-corrected chi connectivity index (χ0v) is 27.0. The van der Waals surface area contributed by atoms with Gasteiger partial charge in [0.25, 0.3) is 11.4 Å². The van der Waals surface area contributed by atoms with Crippen LogP contribution in [-0.2, 0) is 14.2 Å². The van der Waals surface area contributed by atoms with E-state index in [0.717, 1.165) is 0 Å². The Hall–Kier alpha value is -4.20. The molecule has 0 aliphatic carbocycles. The minimum absolute atomic E-state index is 0.0191. The Labute approximate surface area is 266 Å². The Morgan fingerprint density at radius 1 is 1.15 bits per heavy atom. The molecule has 4 rings (SSSR count). The van der Waals surface area contributed by atoms with Gasteiger partial charge in [-0.05, 0) is 62.3 Å². The summed E-state index contributed by atoms with van der Waals surface area (Å²) in [5.41, 5.74) is 5.14. The number of aromatic amines is 1. The number of H-pyrrole nitrogens is 1. The Morgan fingerprint density at radius 2 is 1.87 bits per heavy atom. The second-order valence-electron chi connectivity index (χ2n) is 12.2. The standard InChI is InChI=1S/C30H42N7O8P/c1-16(2)21(8-5-17(3)31)34-27(39)25-10-7-20-11-12-36(30(42)32-4)15-24(28(40)37(20)25)35-26(38)23-14-19-13-18(6-9-22(19)33-23)29(41)46(43,44)45/h6,9,13-14,16,20-21,24-25,33H,3,5,7-8,10-12,15,31H2,1-2,4H3,(H,32,42)(H,34,39)(H,35,38)(H2,43,44,45)/t20-,21+,24+,25+/m1/s1. The minimum Gasteiger partial charge on any atom is -0.403 e. The topological polar surface area (TPSA) is 227 Å². The highest BCUT2D eigenvalue weighted by Gasteiger charge is 2.46. The highest BCUT2D eigenvalue weighted by molar-refractivity contribution is 7.70. The van der Waals surface area contributed by atoms with E-state index in [-0.39, 0.29) is 41.7 Å². The predicted octanol–water partition coefficient (Wildman–Crippen LogP) is 1.38. The summed E-state index contributed by atoms with van der Waals surface area (Å²) in [5, 5.41) is 8.71. The Kier molecular flexibility index (Phi) is 10.6. The average Bonchev–Trinajstić information content (AvgIpc) is 3.62. The molecule has 1 aromatic carbocycles. The number of hydrogen-bond donors (Lipinski definition) is 7. The average molecular weight is 660 g/mol. The van der Waals surface area contributed by atoms with Crippen molar-refractivity contribution in [2.45, 2.75) is 70.1 Å². The number of nitrogens with zero attached hydrogens (tertiary/aromatic N) is 2. The molecule has 8 N–H and O–H groups in total. The molecule has 5 amide bonds. The van der Waals surface area contributed by atoms with Crippen molar-refractivity contribution in [3.05, 3.63) is 47.8 Å². The number of nitrogens with one attached hydrogen (secondary N) is 4. The molecule has 2 aromatic rings. The molecule has 2 aliphatic rings. The highest BCUT2D eigenvalue weighted by atomic mass is 31.2. The molecular weight excluding hydrogens is 617 g/mol. The first-order valence-electron chi connectivity index (χ1n) is 15.2. The lowest BCUT2D eigenvalue weighted by atomic mass is 9.98. The van der Waals surface area contributed by atoms with Gasteiger partial charge < -0.3 is 46.3 Å². The first-order chi connectivity index (χ1) is 21.6. The van der Waals surface area contributed by atoms with E-state index in [1.165, 1.54) is 36.2 Å². The number of allylic oxidation sites excluding steroid dienone is 1. The molecule has 2 saturated heterocycles. The molecule has 15 nitrogen and oxygen atoms in total. The zero-order chi connectivity index (χ0) is 33.9. The maximum Gasteiger partial charge on any atom is 0.396 e. The van der Waals surface area contributed by atoms with Crippen molar-refractivity contribution >= 4 is 47.8 Å². The maximum atomic E-state index is 14.2. The fourth-order valence-electron chi connectivity index (χ4n) is 6.07. The maximum absolute atomic E-state index is 14.2. The van der Waals surface area contributed by atoms with Crippen molar-refractivity contribution in [2.75, 3.05) is 20.1 Å². The Bertz CT molecular complexity index is 1580. The number of aromatic nitrogens is 1. The van der Waals surface area contributed by atoms with Crippen LogP contribution >= 0.6 is 7.60 Å². The van der Waals surface area contributed by atoms with Crippen LogP contribution in [-0.4, -0.2) is 98.2 Å². The van der Waals surface area contributed by atoms with E-state index < -0.39 is 43.0 Å². The summed E-state index contributed by atoms with van der Waals surface area (Å²) in [6.45, 7) is 7.87. The van der Waals surface area contributed by atoms with Gasteiger partial charge in [-0.3, -0.25) is 23.7 Å². The van der Waals surface area contributed by atoms with Gasteiger partial charge in [0.15, 0.2) is 0 Å². The molecule has 16 heteroatoms. The quantitative estimate of drug-likeness (QED) is 0.183. The smallest absolute Gasteiger partial charge is 0.396 e. The van der Waals surface area contributed by atoms with Gasteiger partial charge in [-0.15, -0.1) is 0 Å². The van der Waals surface area contributed by atoms with Gasteiger partial charge in [0.2, 0.25) is 11.8 Å². The molecule has 2 fully saturated rings. The molecule has 4 atom stereocenters. The van der Waals surface area contributed by atoms with Gasteiger partial charge in [-0.2, -0.15) is 0 Å². The minimum atomic E-state index is -5.01. The molecule has 46 heavy (non-hydrogen) atoms. The van der Waals surface area contributed by atoms with Gasteiger partial charge in [-0.25, -0.2) is 4.79 Å². The lowest BCUT2D eigenvalue weighted by molar-refractivity contribution is -0.143. The van der Waals surface area contributed by atoms with Crippen molar-refractivity contribution in [2.24, 2.45) is 11.7 Å². The summed E-state index contributed by atoms with van der Waals surface area (Å²) in [6, 6.07) is 2.41. The second kappa shape index (κ2) is 14.1. The highest BCUT2D eigenvalue weighted by Crippen LogP contribution is 2.39. The summed E-state index contributed by atoms with van der Waals surface area (Å²) in [4.78, 5) is 90.4. The van der Waals surface area contributed by atoms with E-state index in [2.05, 4.69) is 27.5 Å². The Balaban J connectivity index is 1.59. The summed E-state index contributed by atoms with van der Waals surface area (Å²) >= 11 is 0. The number of rotatable bonds is 10. The van der Waals surface area contributed by atoms with E-state index >= 15 is 0 Å². The van der Waals surface area contributed by atoms with Crippen molar-refractivity contribution in [3.8, 4) is 0 Å². The largest absolute Gasteiger partial charge is 0.403 e. The van der Waals surface area contributed by atoms with Crippen LogP contribution in [0, 0.1) is 5.92 Å². The van der Waals surface area contributed by atoms with Crippen LogP contribution in [0.5, 0.6) is 0 Å². The first-order valence-corrected chi connectivity index (χ1v) is 16.8. The van der Waals surface area contributed by atoms with Crippen LogP contribution < -0.4 is 21.7 Å². The number of urea groups is 1. The van der Waals surface area contributed by atoms with Crippen LogP contribution in [0.1, 0.15) is 66.8 Å². The lowest BCUT2D eigenvalue weighted by Gasteiger charge is -2.39. The third-order valence-corrected chi connectivity index (χ3v) is 9.37. The second-order valence-corrected chi connectivity index (χ2v) is 13.7. The van der Waals surface area contributed by atoms with Crippen LogP contribution in [0.25, 0.3) is 10.9 Å². The fourth-order valence-corrected chi connectivity index (χ4v) is 6.54. The third-order valence-electron chi connectivity index (χ3n) is 8.59. The zero-order valence-electron chi connectivity index (χ0n) is 26.1. The van der Waals surface area contributed by atoms with E-state index in [0.29, 0.717) is 55.2 Å². The molecule has 250 valence electrons. The third kappa shape index (κ3) is 7.77. The number of hydrogen-bond acceptors (Lipinski definition) is 7. The van der Waals surface area contributed by atoms with Crippen LogP contribution in [0.4, 0.5) is 4.79 Å². The SMILES string of the molecule is C=C(N)CC[C@H](NC(=O)[C@@H]1CC[C@@H]2CCN(C(=O)NC)C[C@H](NC(=O)c3cc4cc(C(=O)P(=O)(O)O)ccc4[nH]3)C(=O)N21)C(C)C. The van der Waals surface area contributed by atoms with Crippen LogP contribution in [0.15, 0.2) is 36.5 Å². The number of carbonyl (C=O) groups is 5. The molecule has 1 aromatic heterocycles. The molecular formula is C30H42N7O8P. The number of fused-ring (bicyclic) bond motifs is 2. The lowest BCUT2D eigenvalue weighted by Crippen LogP contribution is -2.62. The van der Waals surface area contributed by atoms with E-state index in [9.17, 15) is 38.3 Å². The van der Waals surface area contributed by atoms with Crippen LogP contribution in [0.2, 0.25) is 0 Å². The first kappa shape index (κ1) is 34.7. The summed E-state index contributed by atoms with van der Waals surface area (Å²) < 4.78 is 11.4. The summed E-state index contributed by atoms with van der Waals surface area (Å²) in [6.07, 6.45) is 2.58. The number of benzene rings is 1.